The molecule has 326 valence electrons. The van der Waals surface area contributed by atoms with Gasteiger partial charge in [-0.2, -0.15) is 0 Å². The fourth-order valence-corrected chi connectivity index (χ4v) is 8.68. The highest BCUT2D eigenvalue weighted by Gasteiger charge is 2.37. The molecule has 0 aliphatic carbocycles. The van der Waals surface area contributed by atoms with Crippen LogP contribution in [0.15, 0.2) is 84.9 Å². The molecule has 0 N–H and O–H groups in total. The predicted octanol–water partition coefficient (Wildman–Crippen LogP) is 9.48. The van der Waals surface area contributed by atoms with Crippen LogP contribution in [0.5, 0.6) is 46.0 Å². The zero-order valence-corrected chi connectivity index (χ0v) is 36.6. The second-order valence-electron chi connectivity index (χ2n) is 15.5. The van der Waals surface area contributed by atoms with Gasteiger partial charge in [0.15, 0.2) is 34.6 Å². The van der Waals surface area contributed by atoms with Gasteiger partial charge in [-0.15, -0.1) is 0 Å². The van der Waals surface area contributed by atoms with Crippen molar-refractivity contribution in [3.05, 3.63) is 107 Å². The zero-order chi connectivity index (χ0) is 43.4. The second-order valence-corrected chi connectivity index (χ2v) is 15.5. The highest BCUT2D eigenvalue weighted by molar-refractivity contribution is 6.16. The van der Waals surface area contributed by atoms with Crippen molar-refractivity contribution >= 4 is 21.5 Å². The van der Waals surface area contributed by atoms with Crippen LogP contribution in [0.4, 0.5) is 0 Å². The van der Waals surface area contributed by atoms with E-state index < -0.39 is 11.6 Å². The third kappa shape index (κ3) is 8.23. The summed E-state index contributed by atoms with van der Waals surface area (Å²) in [6, 6.07) is 27.8. The summed E-state index contributed by atoms with van der Waals surface area (Å²) in [4.78, 5) is 0. The molecule has 8 rings (SSSR count). The van der Waals surface area contributed by atoms with Gasteiger partial charge in [0.2, 0.25) is 0 Å². The smallest absolute Gasteiger partial charge is 0.173 e. The highest BCUT2D eigenvalue weighted by Crippen LogP contribution is 2.57. The number of hydrogen-bond acceptors (Lipinski definition) is 12. The zero-order valence-electron chi connectivity index (χ0n) is 36.6. The van der Waals surface area contributed by atoms with Gasteiger partial charge >= 0.3 is 0 Å². The van der Waals surface area contributed by atoms with E-state index in [0.29, 0.717) is 107 Å². The van der Waals surface area contributed by atoms with Crippen molar-refractivity contribution < 1.29 is 56.8 Å². The SMILES string of the molecule is COc1cc(OC)c2c(OCc3ccccc3)c(OC)c(CC3(C)OCCO3)cc2c1-c1c(OC)cc(OC)c2c(OCc3ccccc3)c(OC)c(CC3(C)OCCO3)cc12. The first-order valence-corrected chi connectivity index (χ1v) is 20.6. The fourth-order valence-electron chi connectivity index (χ4n) is 8.68. The molecule has 0 aromatic heterocycles. The number of hydrogen-bond donors (Lipinski definition) is 0. The molecule has 6 aromatic carbocycles. The van der Waals surface area contributed by atoms with Crippen molar-refractivity contribution in [3.8, 4) is 57.1 Å². The van der Waals surface area contributed by atoms with Crippen LogP contribution in [-0.2, 0) is 45.0 Å². The topological polar surface area (TPSA) is 111 Å². The van der Waals surface area contributed by atoms with E-state index >= 15 is 0 Å². The second kappa shape index (κ2) is 18.2. The average molecular weight is 847 g/mol. The van der Waals surface area contributed by atoms with E-state index in [9.17, 15) is 0 Å². The van der Waals surface area contributed by atoms with Crippen LogP contribution in [0, 0.1) is 0 Å². The van der Waals surface area contributed by atoms with Crippen LogP contribution in [0.1, 0.15) is 36.1 Å². The summed E-state index contributed by atoms with van der Waals surface area (Å²) in [5.74, 6) is 2.27. The molecule has 6 aromatic rings. The third-order valence-corrected chi connectivity index (χ3v) is 11.5. The first kappa shape index (κ1) is 42.8. The quantitative estimate of drug-likeness (QED) is 0.0872. The Balaban J connectivity index is 1.49. The maximum Gasteiger partial charge on any atom is 0.173 e. The van der Waals surface area contributed by atoms with Crippen molar-refractivity contribution in [1.29, 1.82) is 0 Å². The summed E-state index contributed by atoms with van der Waals surface area (Å²) in [5, 5.41) is 2.81. The van der Waals surface area contributed by atoms with Gasteiger partial charge in [0.25, 0.3) is 0 Å². The van der Waals surface area contributed by atoms with Gasteiger partial charge in [0.1, 0.15) is 36.2 Å². The molecular formula is C50H54O12. The number of fused-ring (bicyclic) bond motifs is 2. The molecule has 2 aliphatic rings. The molecule has 2 heterocycles. The monoisotopic (exact) mass is 846 g/mol. The summed E-state index contributed by atoms with van der Waals surface area (Å²) in [6.07, 6.45) is 0.704. The van der Waals surface area contributed by atoms with Gasteiger partial charge in [-0.05, 0) is 37.1 Å². The summed E-state index contributed by atoms with van der Waals surface area (Å²) in [6.45, 7) is 6.28. The third-order valence-electron chi connectivity index (χ3n) is 11.5. The minimum atomic E-state index is -0.914. The fraction of sp³-hybridized carbons (Fsp3) is 0.360. The van der Waals surface area contributed by atoms with Gasteiger partial charge in [-0.25, -0.2) is 0 Å². The van der Waals surface area contributed by atoms with E-state index in [0.717, 1.165) is 33.0 Å². The number of rotatable bonds is 17. The van der Waals surface area contributed by atoms with Gasteiger partial charge < -0.3 is 56.8 Å². The number of ether oxygens (including phenoxy) is 12. The van der Waals surface area contributed by atoms with Crippen molar-refractivity contribution in [1.82, 2.24) is 0 Å². The standard InChI is InChI=1S/C50H54O12/c1-49(59-19-20-60-49)27-33-23-35-41(37(51-3)25-39(53-5)43(35)47(45(33)55-7)57-29-31-15-11-9-12-16-31)42-36-24-34(28-50(2)61-21-22-62-50)46(56-8)48(58-30-32-17-13-10-14-18-32)44(36)40(54-6)26-38(42)52-4/h9-18,23-26H,19-22,27-30H2,1-8H3. The van der Waals surface area contributed by atoms with E-state index in [2.05, 4.69) is 12.1 Å². The lowest BCUT2D eigenvalue weighted by Gasteiger charge is -2.28. The van der Waals surface area contributed by atoms with Crippen molar-refractivity contribution in [2.24, 2.45) is 0 Å². The van der Waals surface area contributed by atoms with Crippen molar-refractivity contribution in [3.63, 3.8) is 0 Å². The summed E-state index contributed by atoms with van der Waals surface area (Å²) >= 11 is 0. The maximum atomic E-state index is 6.84. The molecule has 0 unspecified atom stereocenters. The van der Waals surface area contributed by atoms with E-state index in [4.69, 9.17) is 56.8 Å². The van der Waals surface area contributed by atoms with Crippen LogP contribution >= 0.6 is 0 Å². The average Bonchev–Trinajstić information content (AvgIpc) is 3.94. The Kier molecular flexibility index (Phi) is 12.6. The molecule has 0 amide bonds. The highest BCUT2D eigenvalue weighted by atomic mass is 16.7. The Morgan fingerprint density at radius 1 is 0.435 bits per heavy atom. The lowest BCUT2D eigenvalue weighted by molar-refractivity contribution is -0.140. The molecule has 12 nitrogen and oxygen atoms in total. The normalized spacial score (nSPS) is 15.4. The van der Waals surface area contributed by atoms with Crippen LogP contribution in [0.3, 0.4) is 0 Å². The number of benzene rings is 6. The summed E-state index contributed by atoms with van der Waals surface area (Å²) in [5.41, 5.74) is 4.93. The Hall–Kier alpha value is -5.92. The molecule has 2 fully saturated rings. The van der Waals surface area contributed by atoms with E-state index in [-0.39, 0.29) is 13.2 Å². The van der Waals surface area contributed by atoms with Gasteiger partial charge in [-0.1, -0.05) is 60.7 Å². The predicted molar refractivity (Wildman–Crippen MR) is 236 cm³/mol. The van der Waals surface area contributed by atoms with Crippen molar-refractivity contribution in [2.75, 3.05) is 69.1 Å². The molecule has 12 heteroatoms. The summed E-state index contributed by atoms with van der Waals surface area (Å²) < 4.78 is 75.8. The van der Waals surface area contributed by atoms with Crippen LogP contribution < -0.4 is 37.9 Å². The Morgan fingerprint density at radius 2 is 0.790 bits per heavy atom. The molecular weight excluding hydrogens is 793 g/mol. The molecule has 0 spiro atoms. The maximum absolute atomic E-state index is 6.84. The van der Waals surface area contributed by atoms with Gasteiger partial charge in [0, 0.05) is 58.0 Å². The Bertz CT molecular complexity index is 2350. The molecule has 0 atom stereocenters. The first-order valence-electron chi connectivity index (χ1n) is 20.6. The minimum Gasteiger partial charge on any atom is -0.496 e. The van der Waals surface area contributed by atoms with Crippen LogP contribution in [0.25, 0.3) is 32.7 Å². The number of methoxy groups -OCH3 is 6. The lowest BCUT2D eigenvalue weighted by Crippen LogP contribution is -2.28. The Morgan fingerprint density at radius 3 is 1.11 bits per heavy atom. The van der Waals surface area contributed by atoms with E-state index in [1.165, 1.54) is 0 Å². The minimum absolute atomic E-state index is 0.257. The molecule has 0 radical (unpaired) electrons. The molecule has 2 saturated heterocycles. The molecule has 62 heavy (non-hydrogen) atoms. The first-order chi connectivity index (χ1) is 30.2. The molecule has 0 saturated carbocycles. The van der Waals surface area contributed by atoms with E-state index in [1.807, 2.05) is 86.6 Å². The molecule has 2 aliphatic heterocycles. The van der Waals surface area contributed by atoms with Gasteiger partial charge in [-0.3, -0.25) is 0 Å². The lowest BCUT2D eigenvalue weighted by atomic mass is 9.87. The van der Waals surface area contributed by atoms with Crippen LogP contribution in [-0.4, -0.2) is 80.7 Å². The van der Waals surface area contributed by atoms with Gasteiger partial charge in [0.05, 0.1) is 79.9 Å². The van der Waals surface area contributed by atoms with Crippen molar-refractivity contribution in [2.45, 2.75) is 51.5 Å². The Labute approximate surface area is 362 Å². The van der Waals surface area contributed by atoms with Crippen LogP contribution in [0.2, 0.25) is 0 Å². The van der Waals surface area contributed by atoms with E-state index in [1.54, 1.807) is 42.7 Å². The summed E-state index contributed by atoms with van der Waals surface area (Å²) in [7, 11) is 9.81. The molecule has 0 bridgehead atoms. The largest absolute Gasteiger partial charge is 0.496 e.